The lowest BCUT2D eigenvalue weighted by molar-refractivity contribution is -0.167. The van der Waals surface area contributed by atoms with E-state index in [-0.39, 0.29) is 49.2 Å². The lowest BCUT2D eigenvalue weighted by atomic mass is 9.91. The molecule has 2 aromatic carbocycles. The molecule has 3 amide bonds. The van der Waals surface area contributed by atoms with Gasteiger partial charge < -0.3 is 19.7 Å². The van der Waals surface area contributed by atoms with Gasteiger partial charge in [0.05, 0.1) is 25.3 Å². The monoisotopic (exact) mass is 527 g/mol. The minimum atomic E-state index is -4.11. The second kappa shape index (κ2) is 10.1. The molecular weight excluding hydrogens is 498 g/mol. The molecule has 3 heterocycles. The van der Waals surface area contributed by atoms with E-state index in [1.165, 1.54) is 23.1 Å². The van der Waals surface area contributed by atoms with E-state index in [2.05, 4.69) is 5.32 Å². The normalized spacial score (nSPS) is 23.8. The molecule has 37 heavy (non-hydrogen) atoms. The average molecular weight is 528 g/mol. The lowest BCUT2D eigenvalue weighted by Crippen LogP contribution is -2.62. The number of carbonyl (C=O) groups is 3. The Morgan fingerprint density at radius 2 is 1.81 bits per heavy atom. The molecule has 0 aromatic heterocycles. The Balaban J connectivity index is 1.30. The molecule has 3 aliphatic heterocycles. The summed E-state index contributed by atoms with van der Waals surface area (Å²) in [7, 11) is -4.11. The molecule has 3 aliphatic rings. The summed E-state index contributed by atoms with van der Waals surface area (Å²) in [5.41, 5.74) is -0.109. The molecule has 1 saturated heterocycles. The molecule has 1 unspecified atom stereocenters. The fraction of sp³-hybridized carbons (Fsp3) is 0.423. The quantitative estimate of drug-likeness (QED) is 0.626. The maximum absolute atomic E-state index is 13.3. The molecule has 1 spiro atoms. The van der Waals surface area contributed by atoms with Crippen LogP contribution < -0.4 is 10.1 Å². The van der Waals surface area contributed by atoms with Crippen molar-refractivity contribution in [3.05, 3.63) is 59.7 Å². The van der Waals surface area contributed by atoms with E-state index in [0.717, 1.165) is 24.2 Å². The molecule has 1 atom stereocenters. The number of nitrogens with one attached hydrogen (secondary N) is 1. The first-order chi connectivity index (χ1) is 17.8. The van der Waals surface area contributed by atoms with E-state index in [1.54, 1.807) is 6.07 Å². The Morgan fingerprint density at radius 1 is 1.03 bits per heavy atom. The van der Waals surface area contributed by atoms with Crippen LogP contribution in [-0.2, 0) is 30.8 Å². The van der Waals surface area contributed by atoms with Gasteiger partial charge in [0.15, 0.2) is 5.60 Å². The van der Waals surface area contributed by atoms with Gasteiger partial charge in [0, 0.05) is 6.54 Å². The van der Waals surface area contributed by atoms with Crippen molar-refractivity contribution in [3.8, 4) is 5.75 Å². The Hall–Kier alpha value is -3.44. The standard InChI is InChI=1S/C26H29N3O7S/c30-23(17-29-24(31)20-9-2-4-11-22(20)37(29,33)34)28-14-16-36-26(18-28)12-6-5-8-19-7-1-3-10-21(19)35-15-13-27-25(26)32/h1-4,7,9-11H,5-6,8,12-18H2,(H,27,32). The summed E-state index contributed by atoms with van der Waals surface area (Å²) < 4.78 is 38.3. The molecule has 2 aromatic rings. The van der Waals surface area contributed by atoms with Crippen LogP contribution in [0.3, 0.4) is 0 Å². The number of carbonyl (C=O) groups excluding carboxylic acids is 3. The van der Waals surface area contributed by atoms with Gasteiger partial charge in [-0.15, -0.1) is 0 Å². The lowest BCUT2D eigenvalue weighted by Gasteiger charge is -2.42. The predicted molar refractivity (Wildman–Crippen MR) is 132 cm³/mol. The summed E-state index contributed by atoms with van der Waals surface area (Å²) in [4.78, 5) is 40.6. The number of rotatable bonds is 2. The Labute approximate surface area is 215 Å². The minimum absolute atomic E-state index is 0.0237. The summed E-state index contributed by atoms with van der Waals surface area (Å²) in [6, 6.07) is 13.7. The number of amides is 3. The molecule has 0 radical (unpaired) electrons. The molecule has 1 N–H and O–H groups in total. The van der Waals surface area contributed by atoms with E-state index in [0.29, 0.717) is 17.1 Å². The molecule has 10 nitrogen and oxygen atoms in total. The molecule has 0 bridgehead atoms. The maximum atomic E-state index is 13.3. The number of nitrogens with zero attached hydrogens (tertiary/aromatic N) is 2. The van der Waals surface area contributed by atoms with Gasteiger partial charge in [0.2, 0.25) is 5.91 Å². The van der Waals surface area contributed by atoms with Crippen LogP contribution in [-0.4, -0.2) is 80.3 Å². The fourth-order valence-corrected chi connectivity index (χ4v) is 6.59. The Bertz CT molecular complexity index is 1330. The molecular formula is C26H29N3O7S. The van der Waals surface area contributed by atoms with E-state index in [9.17, 15) is 22.8 Å². The molecule has 196 valence electrons. The van der Waals surface area contributed by atoms with Crippen molar-refractivity contribution >= 4 is 27.7 Å². The highest BCUT2D eigenvalue weighted by atomic mass is 32.2. The van der Waals surface area contributed by atoms with E-state index in [1.807, 2.05) is 24.3 Å². The summed E-state index contributed by atoms with van der Waals surface area (Å²) in [6.45, 7) is 0.225. The van der Waals surface area contributed by atoms with Crippen LogP contribution in [0.4, 0.5) is 0 Å². The van der Waals surface area contributed by atoms with Crippen LogP contribution in [0.25, 0.3) is 0 Å². The minimum Gasteiger partial charge on any atom is -0.491 e. The van der Waals surface area contributed by atoms with Crippen molar-refractivity contribution in [2.24, 2.45) is 0 Å². The smallest absolute Gasteiger partial charge is 0.269 e. The Kier molecular flexibility index (Phi) is 6.91. The first-order valence-corrected chi connectivity index (χ1v) is 13.8. The summed E-state index contributed by atoms with van der Waals surface area (Å²) >= 11 is 0. The number of fused-ring (bicyclic) bond motifs is 2. The summed E-state index contributed by atoms with van der Waals surface area (Å²) in [6.07, 6.45) is 2.66. The number of ether oxygens (including phenoxy) is 2. The largest absolute Gasteiger partial charge is 0.491 e. The molecule has 1 fully saturated rings. The number of sulfonamides is 1. The van der Waals surface area contributed by atoms with Crippen LogP contribution in [0.5, 0.6) is 5.75 Å². The van der Waals surface area contributed by atoms with Crippen molar-refractivity contribution in [1.82, 2.24) is 14.5 Å². The average Bonchev–Trinajstić information content (AvgIpc) is 3.09. The van der Waals surface area contributed by atoms with Gasteiger partial charge in [0.1, 0.15) is 23.8 Å². The van der Waals surface area contributed by atoms with Crippen molar-refractivity contribution in [1.29, 1.82) is 0 Å². The summed E-state index contributed by atoms with van der Waals surface area (Å²) in [5.74, 6) is -0.800. The third kappa shape index (κ3) is 4.80. The van der Waals surface area contributed by atoms with Crippen molar-refractivity contribution in [2.75, 3.05) is 39.4 Å². The highest BCUT2D eigenvalue weighted by Gasteiger charge is 2.47. The van der Waals surface area contributed by atoms with Gasteiger partial charge in [-0.3, -0.25) is 14.4 Å². The predicted octanol–water partition coefficient (Wildman–Crippen LogP) is 1.35. The highest BCUT2D eigenvalue weighted by molar-refractivity contribution is 7.90. The zero-order chi connectivity index (χ0) is 26.0. The molecule has 5 rings (SSSR count). The second-order valence-corrected chi connectivity index (χ2v) is 11.2. The SMILES string of the molecule is O=C(CN1C(=O)c2ccccc2S1(=O)=O)N1CCOC2(CCCCc3ccccc3OCCNC2=O)C1. The maximum Gasteiger partial charge on any atom is 0.269 e. The number of benzene rings is 2. The van der Waals surface area contributed by atoms with Gasteiger partial charge in [-0.1, -0.05) is 30.3 Å². The van der Waals surface area contributed by atoms with Crippen molar-refractivity contribution < 1.29 is 32.3 Å². The van der Waals surface area contributed by atoms with Gasteiger partial charge in [0.25, 0.3) is 21.8 Å². The second-order valence-electron chi connectivity index (χ2n) is 9.39. The summed E-state index contributed by atoms with van der Waals surface area (Å²) in [5, 5.41) is 2.87. The third-order valence-electron chi connectivity index (χ3n) is 7.04. The highest BCUT2D eigenvalue weighted by Crippen LogP contribution is 2.31. The van der Waals surface area contributed by atoms with Gasteiger partial charge in [-0.05, 0) is 49.4 Å². The Morgan fingerprint density at radius 3 is 2.65 bits per heavy atom. The third-order valence-corrected chi connectivity index (χ3v) is 8.82. The van der Waals surface area contributed by atoms with Crippen LogP contribution >= 0.6 is 0 Å². The molecule has 11 heteroatoms. The van der Waals surface area contributed by atoms with Gasteiger partial charge in [-0.2, -0.15) is 0 Å². The first-order valence-electron chi connectivity index (χ1n) is 12.4. The van der Waals surface area contributed by atoms with Crippen LogP contribution in [0, 0.1) is 0 Å². The number of morpholine rings is 1. The van der Waals surface area contributed by atoms with E-state index in [4.69, 9.17) is 9.47 Å². The number of para-hydroxylation sites is 1. The fourth-order valence-electron chi connectivity index (χ4n) is 5.07. The van der Waals surface area contributed by atoms with Crippen LogP contribution in [0.1, 0.15) is 35.2 Å². The molecule has 0 aliphatic carbocycles. The van der Waals surface area contributed by atoms with Gasteiger partial charge in [-0.25, -0.2) is 12.7 Å². The first kappa shape index (κ1) is 25.2. The van der Waals surface area contributed by atoms with Crippen LogP contribution in [0.15, 0.2) is 53.4 Å². The van der Waals surface area contributed by atoms with Crippen molar-refractivity contribution in [3.63, 3.8) is 0 Å². The van der Waals surface area contributed by atoms with Crippen LogP contribution in [0.2, 0.25) is 0 Å². The van der Waals surface area contributed by atoms with E-state index < -0.39 is 34.0 Å². The number of hydrogen-bond acceptors (Lipinski definition) is 7. The molecule has 0 saturated carbocycles. The topological polar surface area (TPSA) is 122 Å². The van der Waals surface area contributed by atoms with Gasteiger partial charge >= 0.3 is 0 Å². The zero-order valence-corrected chi connectivity index (χ0v) is 21.2. The van der Waals surface area contributed by atoms with E-state index >= 15 is 0 Å². The number of aryl methyl sites for hydroxylation is 1. The van der Waals surface area contributed by atoms with Crippen molar-refractivity contribution in [2.45, 2.75) is 36.2 Å². The number of hydrogen-bond donors (Lipinski definition) is 1. The zero-order valence-electron chi connectivity index (χ0n) is 20.4.